The average Bonchev–Trinajstić information content (AvgIpc) is 2.20. The van der Waals surface area contributed by atoms with Gasteiger partial charge in [0.2, 0.25) is 0 Å². The molecule has 0 aliphatic carbocycles. The maximum absolute atomic E-state index is 13.5. The lowest BCUT2D eigenvalue weighted by Gasteiger charge is -2.06. The topological polar surface area (TPSA) is 17.1 Å². The van der Waals surface area contributed by atoms with Gasteiger partial charge in [-0.05, 0) is 43.5 Å². The van der Waals surface area contributed by atoms with Crippen molar-refractivity contribution in [3.05, 3.63) is 34.6 Å². The zero-order valence-electron chi connectivity index (χ0n) is 9.56. The zero-order valence-corrected chi connectivity index (χ0v) is 9.56. The van der Waals surface area contributed by atoms with Gasteiger partial charge < -0.3 is 0 Å². The quantitative estimate of drug-likeness (QED) is 0.687. The lowest BCUT2D eigenvalue weighted by Crippen LogP contribution is -2.03. The highest BCUT2D eigenvalue weighted by molar-refractivity contribution is 5.96. The third kappa shape index (κ3) is 2.88. The molecule has 15 heavy (non-hydrogen) atoms. The molecule has 0 heterocycles. The molecule has 0 aliphatic heterocycles. The first-order chi connectivity index (χ1) is 7.06. The standard InChI is InChI=1S/C13H17FO/c1-4-5-6-13(15)11-7-9(2)10(3)8-12(11)14/h7-8H,4-6H2,1-3H3. The van der Waals surface area contributed by atoms with E-state index in [4.69, 9.17) is 0 Å². The van der Waals surface area contributed by atoms with E-state index in [1.165, 1.54) is 6.07 Å². The minimum atomic E-state index is -0.390. The Hall–Kier alpha value is -1.18. The summed E-state index contributed by atoms with van der Waals surface area (Å²) in [5.74, 6) is -0.475. The average molecular weight is 208 g/mol. The summed E-state index contributed by atoms with van der Waals surface area (Å²) in [6.07, 6.45) is 2.22. The molecule has 82 valence electrons. The summed E-state index contributed by atoms with van der Waals surface area (Å²) in [5, 5.41) is 0. The molecule has 0 aliphatic rings. The SMILES string of the molecule is CCCCC(=O)c1cc(C)c(C)cc1F. The van der Waals surface area contributed by atoms with Crippen LogP contribution in [0.25, 0.3) is 0 Å². The van der Waals surface area contributed by atoms with E-state index in [-0.39, 0.29) is 17.2 Å². The van der Waals surface area contributed by atoms with Crippen molar-refractivity contribution in [3.63, 3.8) is 0 Å². The molecule has 1 aromatic carbocycles. The molecular weight excluding hydrogens is 191 g/mol. The molecule has 0 amide bonds. The highest BCUT2D eigenvalue weighted by atomic mass is 19.1. The fourth-order valence-corrected chi connectivity index (χ4v) is 1.47. The molecule has 0 spiro atoms. The van der Waals surface area contributed by atoms with Crippen LogP contribution in [0.15, 0.2) is 12.1 Å². The van der Waals surface area contributed by atoms with Gasteiger partial charge in [-0.15, -0.1) is 0 Å². The molecule has 2 heteroatoms. The normalized spacial score (nSPS) is 10.4. The molecule has 0 atom stereocenters. The Morgan fingerprint density at radius 2 is 1.87 bits per heavy atom. The van der Waals surface area contributed by atoms with Crippen LogP contribution >= 0.6 is 0 Å². The summed E-state index contributed by atoms with van der Waals surface area (Å²) in [6, 6.07) is 3.09. The fourth-order valence-electron chi connectivity index (χ4n) is 1.47. The molecule has 1 rings (SSSR count). The van der Waals surface area contributed by atoms with Crippen LogP contribution in [0, 0.1) is 19.7 Å². The van der Waals surface area contributed by atoms with Gasteiger partial charge in [-0.25, -0.2) is 4.39 Å². The van der Waals surface area contributed by atoms with Gasteiger partial charge in [-0.2, -0.15) is 0 Å². The predicted molar refractivity (Wildman–Crippen MR) is 59.7 cm³/mol. The molecule has 0 radical (unpaired) electrons. The van der Waals surface area contributed by atoms with Gasteiger partial charge in [0.15, 0.2) is 5.78 Å². The summed E-state index contributed by atoms with van der Waals surface area (Å²) < 4.78 is 13.5. The van der Waals surface area contributed by atoms with Crippen molar-refractivity contribution in [2.45, 2.75) is 40.0 Å². The molecule has 0 aromatic heterocycles. The highest BCUT2D eigenvalue weighted by Gasteiger charge is 2.12. The Morgan fingerprint density at radius 3 is 2.47 bits per heavy atom. The number of ketones is 1. The number of unbranched alkanes of at least 4 members (excludes halogenated alkanes) is 1. The first-order valence-electron chi connectivity index (χ1n) is 5.36. The summed E-state index contributed by atoms with van der Waals surface area (Å²) in [5.41, 5.74) is 2.10. The highest BCUT2D eigenvalue weighted by Crippen LogP contribution is 2.17. The largest absolute Gasteiger partial charge is 0.294 e. The summed E-state index contributed by atoms with van der Waals surface area (Å²) in [7, 11) is 0. The van der Waals surface area contributed by atoms with E-state index in [0.717, 1.165) is 24.0 Å². The number of Topliss-reactive ketones (excluding diaryl/α,β-unsaturated/α-hetero) is 1. The van der Waals surface area contributed by atoms with Crippen LogP contribution in [0.5, 0.6) is 0 Å². The van der Waals surface area contributed by atoms with Crippen LogP contribution in [-0.4, -0.2) is 5.78 Å². The number of carbonyl (C=O) groups excluding carboxylic acids is 1. The van der Waals surface area contributed by atoms with Crippen LogP contribution in [0.3, 0.4) is 0 Å². The molecule has 0 saturated heterocycles. The van der Waals surface area contributed by atoms with Gasteiger partial charge in [0.25, 0.3) is 0 Å². The number of benzene rings is 1. The smallest absolute Gasteiger partial charge is 0.165 e. The molecule has 0 fully saturated rings. The lowest BCUT2D eigenvalue weighted by atomic mass is 10.00. The van der Waals surface area contributed by atoms with Crippen LogP contribution < -0.4 is 0 Å². The third-order valence-electron chi connectivity index (χ3n) is 2.64. The molecule has 0 saturated carbocycles. The van der Waals surface area contributed by atoms with Crippen molar-refractivity contribution in [2.24, 2.45) is 0 Å². The molecule has 0 N–H and O–H groups in total. The second-order valence-corrected chi connectivity index (χ2v) is 3.94. The first-order valence-corrected chi connectivity index (χ1v) is 5.36. The zero-order chi connectivity index (χ0) is 11.4. The third-order valence-corrected chi connectivity index (χ3v) is 2.64. The number of rotatable bonds is 4. The summed E-state index contributed by atoms with van der Waals surface area (Å²) in [6.45, 7) is 5.76. The van der Waals surface area contributed by atoms with E-state index in [1.807, 2.05) is 20.8 Å². The molecule has 1 aromatic rings. The van der Waals surface area contributed by atoms with E-state index in [0.29, 0.717) is 6.42 Å². The Kier molecular flexibility index (Phi) is 4.01. The molecule has 0 bridgehead atoms. The lowest BCUT2D eigenvalue weighted by molar-refractivity contribution is 0.0976. The first kappa shape index (κ1) is 11.9. The van der Waals surface area contributed by atoms with Crippen molar-refractivity contribution in [1.29, 1.82) is 0 Å². The van der Waals surface area contributed by atoms with Gasteiger partial charge in [0.05, 0.1) is 5.56 Å². The van der Waals surface area contributed by atoms with Gasteiger partial charge >= 0.3 is 0 Å². The maximum Gasteiger partial charge on any atom is 0.165 e. The number of hydrogen-bond donors (Lipinski definition) is 0. The van der Waals surface area contributed by atoms with Gasteiger partial charge in [-0.1, -0.05) is 13.3 Å². The second-order valence-electron chi connectivity index (χ2n) is 3.94. The van der Waals surface area contributed by atoms with E-state index < -0.39 is 0 Å². The minimum absolute atomic E-state index is 0.0857. The van der Waals surface area contributed by atoms with Crippen molar-refractivity contribution in [3.8, 4) is 0 Å². The van der Waals surface area contributed by atoms with Crippen LogP contribution in [0.1, 0.15) is 47.7 Å². The maximum atomic E-state index is 13.5. The number of carbonyl (C=O) groups is 1. The van der Waals surface area contributed by atoms with Crippen LogP contribution in [-0.2, 0) is 0 Å². The van der Waals surface area contributed by atoms with E-state index >= 15 is 0 Å². The molecule has 0 unspecified atom stereocenters. The Bertz CT molecular complexity index is 369. The van der Waals surface area contributed by atoms with Gasteiger partial charge in [0.1, 0.15) is 5.82 Å². The van der Waals surface area contributed by atoms with Gasteiger partial charge in [-0.3, -0.25) is 4.79 Å². The molecule has 1 nitrogen and oxygen atoms in total. The summed E-state index contributed by atoms with van der Waals surface area (Å²) in [4.78, 5) is 11.6. The summed E-state index contributed by atoms with van der Waals surface area (Å²) >= 11 is 0. The van der Waals surface area contributed by atoms with E-state index in [1.54, 1.807) is 6.07 Å². The second kappa shape index (κ2) is 5.06. The number of halogens is 1. The Balaban J connectivity index is 2.94. The van der Waals surface area contributed by atoms with Crippen molar-refractivity contribution in [1.82, 2.24) is 0 Å². The van der Waals surface area contributed by atoms with Crippen molar-refractivity contribution in [2.75, 3.05) is 0 Å². The number of aryl methyl sites for hydroxylation is 2. The van der Waals surface area contributed by atoms with E-state index in [9.17, 15) is 9.18 Å². The van der Waals surface area contributed by atoms with Crippen molar-refractivity contribution >= 4 is 5.78 Å². The minimum Gasteiger partial charge on any atom is -0.294 e. The fraction of sp³-hybridized carbons (Fsp3) is 0.462. The van der Waals surface area contributed by atoms with Crippen LogP contribution in [0.4, 0.5) is 4.39 Å². The monoisotopic (exact) mass is 208 g/mol. The van der Waals surface area contributed by atoms with E-state index in [2.05, 4.69) is 0 Å². The Labute approximate surface area is 90.3 Å². The number of hydrogen-bond acceptors (Lipinski definition) is 1. The van der Waals surface area contributed by atoms with Gasteiger partial charge in [0, 0.05) is 6.42 Å². The Morgan fingerprint density at radius 1 is 1.27 bits per heavy atom. The van der Waals surface area contributed by atoms with Crippen molar-refractivity contribution < 1.29 is 9.18 Å². The molecular formula is C13H17FO. The van der Waals surface area contributed by atoms with Crippen LogP contribution in [0.2, 0.25) is 0 Å². The predicted octanol–water partition coefficient (Wildman–Crippen LogP) is 3.82.